The summed E-state index contributed by atoms with van der Waals surface area (Å²) in [4.78, 5) is 41.5. The number of benzene rings is 1. The first kappa shape index (κ1) is 24.7. The Morgan fingerprint density at radius 3 is 2.71 bits per heavy atom. The number of amides is 4. The van der Waals surface area contributed by atoms with E-state index in [4.69, 9.17) is 4.74 Å². The summed E-state index contributed by atoms with van der Waals surface area (Å²) in [5.74, 6) is 1.17. The van der Waals surface area contributed by atoms with Crippen molar-refractivity contribution in [1.82, 2.24) is 26.2 Å². The lowest BCUT2D eigenvalue weighted by Gasteiger charge is -2.36. The summed E-state index contributed by atoms with van der Waals surface area (Å²) < 4.78 is 5.74. The fourth-order valence-electron chi connectivity index (χ4n) is 5.06. The van der Waals surface area contributed by atoms with Crippen LogP contribution in [0, 0.1) is 5.41 Å². The highest BCUT2D eigenvalue weighted by Crippen LogP contribution is 2.46. The van der Waals surface area contributed by atoms with Gasteiger partial charge < -0.3 is 30.9 Å². The molecular formula is C24H35N5O4S. The van der Waals surface area contributed by atoms with Crippen molar-refractivity contribution in [3.05, 3.63) is 29.8 Å². The molecule has 4 N–H and O–H groups in total. The van der Waals surface area contributed by atoms with E-state index in [-0.39, 0.29) is 29.4 Å². The number of nitrogens with one attached hydrogen (secondary N) is 4. The molecule has 9 nitrogen and oxygen atoms in total. The third-order valence-corrected chi connectivity index (χ3v) is 8.16. The number of nitrogens with zero attached hydrogens (tertiary/aromatic N) is 1. The lowest BCUT2D eigenvalue weighted by Crippen LogP contribution is -2.58. The molecule has 2 fully saturated rings. The van der Waals surface area contributed by atoms with Gasteiger partial charge in [0.2, 0.25) is 11.8 Å². The number of hydrogen-bond acceptors (Lipinski definition) is 6. The average Bonchev–Trinajstić information content (AvgIpc) is 2.99. The van der Waals surface area contributed by atoms with Crippen LogP contribution in [0.5, 0.6) is 5.75 Å². The Morgan fingerprint density at radius 1 is 1.18 bits per heavy atom. The molecule has 1 aromatic rings. The minimum Gasteiger partial charge on any atom is -0.493 e. The Balaban J connectivity index is 1.53. The van der Waals surface area contributed by atoms with Gasteiger partial charge in [0, 0.05) is 12.0 Å². The van der Waals surface area contributed by atoms with Crippen LogP contribution in [-0.2, 0) is 9.59 Å². The summed E-state index contributed by atoms with van der Waals surface area (Å²) in [5, 5.41) is 11.6. The average molecular weight is 490 g/mol. The molecule has 0 radical (unpaired) electrons. The second kappa shape index (κ2) is 10.0. The summed E-state index contributed by atoms with van der Waals surface area (Å²) in [6, 6.07) is 5.89. The number of urea groups is 1. The molecule has 4 rings (SSSR count). The summed E-state index contributed by atoms with van der Waals surface area (Å²) in [6.45, 7) is 6.43. The molecule has 0 saturated carbocycles. The lowest BCUT2D eigenvalue weighted by atomic mass is 9.83. The molecule has 2 unspecified atom stereocenters. The maximum absolute atomic E-state index is 13.7. The van der Waals surface area contributed by atoms with Gasteiger partial charge in [-0.15, -0.1) is 11.8 Å². The third kappa shape index (κ3) is 4.98. The van der Waals surface area contributed by atoms with Gasteiger partial charge >= 0.3 is 6.03 Å². The third-order valence-electron chi connectivity index (χ3n) is 6.91. The van der Waals surface area contributed by atoms with Crippen LogP contribution in [0.25, 0.3) is 0 Å². The van der Waals surface area contributed by atoms with Crippen LogP contribution in [0.4, 0.5) is 4.79 Å². The minimum atomic E-state index is -0.672. The van der Waals surface area contributed by atoms with Crippen LogP contribution in [0.2, 0.25) is 0 Å². The zero-order valence-electron chi connectivity index (χ0n) is 20.2. The molecule has 2 saturated heterocycles. The molecule has 10 heteroatoms. The van der Waals surface area contributed by atoms with Crippen LogP contribution in [0.3, 0.4) is 0 Å². The lowest BCUT2D eigenvalue weighted by molar-refractivity contribution is -0.142. The summed E-state index contributed by atoms with van der Waals surface area (Å²) in [6.07, 6.45) is 1.70. The Kier molecular flexibility index (Phi) is 7.28. The fraction of sp³-hybridized carbons (Fsp3) is 0.625. The predicted molar refractivity (Wildman–Crippen MR) is 131 cm³/mol. The second-order valence-electron chi connectivity index (χ2n) is 9.87. The number of fused-ring (bicyclic) bond motifs is 2. The smallest absolute Gasteiger partial charge is 0.316 e. The van der Waals surface area contributed by atoms with E-state index in [2.05, 4.69) is 21.3 Å². The number of carbonyl (C=O) groups is 3. The molecule has 3 aliphatic rings. The second-order valence-corrected chi connectivity index (χ2v) is 11.2. The summed E-state index contributed by atoms with van der Waals surface area (Å²) >= 11 is 1.69. The molecular weight excluding hydrogens is 454 g/mol. The molecule has 0 spiro atoms. The van der Waals surface area contributed by atoms with Crippen molar-refractivity contribution < 1.29 is 19.1 Å². The van der Waals surface area contributed by atoms with E-state index in [0.717, 1.165) is 23.5 Å². The summed E-state index contributed by atoms with van der Waals surface area (Å²) in [5.41, 5.74) is 0.563. The maximum atomic E-state index is 13.7. The van der Waals surface area contributed by atoms with E-state index < -0.39 is 23.5 Å². The Hall–Kier alpha value is -2.46. The highest BCUT2D eigenvalue weighted by atomic mass is 32.2. The highest BCUT2D eigenvalue weighted by Gasteiger charge is 2.54. The van der Waals surface area contributed by atoms with Crippen molar-refractivity contribution >= 4 is 29.6 Å². The molecule has 3 aliphatic heterocycles. The standard InChI is InChI=1S/C24H35N5O4S/c1-14(25-4)26-23(32)28-17-10-12-34-19-13-24(2,3)20(29(19)22(17)31)21(30)27-16-9-11-33-18-8-6-5-7-15(16)18/h5-8,14,16-17,19-20,25H,9-13H2,1-4H3,(H,27,30)(H2,26,28,32)/t14?,16-,17+,19?,20-/m1/s1. The van der Waals surface area contributed by atoms with E-state index in [1.165, 1.54) is 0 Å². The number of hydrogen-bond donors (Lipinski definition) is 4. The molecule has 0 aromatic heterocycles. The van der Waals surface area contributed by atoms with Gasteiger partial charge in [-0.25, -0.2) is 4.79 Å². The first-order valence-corrected chi connectivity index (χ1v) is 13.0. The van der Waals surface area contributed by atoms with Gasteiger partial charge in [-0.1, -0.05) is 32.0 Å². The molecule has 186 valence electrons. The van der Waals surface area contributed by atoms with Gasteiger partial charge in [-0.2, -0.15) is 0 Å². The van der Waals surface area contributed by atoms with E-state index in [1.807, 2.05) is 45.0 Å². The molecule has 1 aromatic carbocycles. The van der Waals surface area contributed by atoms with E-state index in [0.29, 0.717) is 19.4 Å². The molecule has 3 heterocycles. The zero-order valence-corrected chi connectivity index (χ0v) is 21.0. The van der Waals surface area contributed by atoms with Crippen molar-refractivity contribution in [2.24, 2.45) is 5.41 Å². The number of thioether (sulfide) groups is 1. The topological polar surface area (TPSA) is 112 Å². The van der Waals surface area contributed by atoms with Crippen molar-refractivity contribution in [2.45, 2.75) is 69.7 Å². The van der Waals surface area contributed by atoms with Crippen molar-refractivity contribution in [3.8, 4) is 5.75 Å². The van der Waals surface area contributed by atoms with Crippen LogP contribution in [-0.4, -0.2) is 65.8 Å². The number of carbonyl (C=O) groups excluding carboxylic acids is 3. The Morgan fingerprint density at radius 2 is 1.94 bits per heavy atom. The number of para-hydroxylation sites is 1. The van der Waals surface area contributed by atoms with Gasteiger partial charge in [-0.05, 0) is 44.0 Å². The number of ether oxygens (including phenoxy) is 1. The molecule has 0 bridgehead atoms. The van der Waals surface area contributed by atoms with Crippen molar-refractivity contribution in [3.63, 3.8) is 0 Å². The first-order valence-electron chi connectivity index (χ1n) is 11.9. The quantitative estimate of drug-likeness (QED) is 0.471. The van der Waals surface area contributed by atoms with Gasteiger partial charge in [0.05, 0.1) is 24.2 Å². The van der Waals surface area contributed by atoms with E-state index in [9.17, 15) is 14.4 Å². The maximum Gasteiger partial charge on any atom is 0.316 e. The molecule has 5 atom stereocenters. The Labute approximate surface area is 205 Å². The van der Waals surface area contributed by atoms with Gasteiger partial charge in [0.15, 0.2) is 0 Å². The predicted octanol–water partition coefficient (Wildman–Crippen LogP) is 1.95. The zero-order chi connectivity index (χ0) is 24.5. The minimum absolute atomic E-state index is 0.0914. The van der Waals surface area contributed by atoms with E-state index >= 15 is 0 Å². The Bertz CT molecular complexity index is 942. The summed E-state index contributed by atoms with van der Waals surface area (Å²) in [7, 11) is 1.75. The first-order chi connectivity index (χ1) is 16.2. The van der Waals surface area contributed by atoms with Gasteiger partial charge in [-0.3, -0.25) is 9.59 Å². The molecule has 0 aliphatic carbocycles. The molecule has 4 amide bonds. The van der Waals surface area contributed by atoms with Crippen molar-refractivity contribution in [2.75, 3.05) is 19.4 Å². The monoisotopic (exact) mass is 489 g/mol. The van der Waals surface area contributed by atoms with Crippen LogP contribution in [0.15, 0.2) is 24.3 Å². The van der Waals surface area contributed by atoms with Crippen LogP contribution < -0.4 is 26.0 Å². The normalized spacial score (nSPS) is 28.6. The number of rotatable bonds is 5. The van der Waals surface area contributed by atoms with Crippen molar-refractivity contribution in [1.29, 1.82) is 0 Å². The fourth-order valence-corrected chi connectivity index (χ4v) is 6.64. The molecule has 34 heavy (non-hydrogen) atoms. The van der Waals surface area contributed by atoms with E-state index in [1.54, 1.807) is 23.7 Å². The van der Waals surface area contributed by atoms with Gasteiger partial charge in [0.1, 0.15) is 17.8 Å². The van der Waals surface area contributed by atoms with Crippen LogP contribution >= 0.6 is 11.8 Å². The largest absolute Gasteiger partial charge is 0.493 e. The van der Waals surface area contributed by atoms with Gasteiger partial charge in [0.25, 0.3) is 0 Å². The van der Waals surface area contributed by atoms with Crippen LogP contribution in [0.1, 0.15) is 51.6 Å². The highest BCUT2D eigenvalue weighted by molar-refractivity contribution is 7.99. The SMILES string of the molecule is CNC(C)NC(=O)N[C@H]1CCSC2CC(C)(C)[C@@H](C(=O)N[C@@H]3CCOc4ccccc43)N2C1=O.